The lowest BCUT2D eigenvalue weighted by Gasteiger charge is -2.30. The molecule has 0 radical (unpaired) electrons. The van der Waals surface area contributed by atoms with Crippen molar-refractivity contribution in [3.8, 4) is 0 Å². The van der Waals surface area contributed by atoms with E-state index in [-0.39, 0.29) is 32.4 Å². The minimum absolute atomic E-state index is 0.0469. The minimum atomic E-state index is -3.41. The van der Waals surface area contributed by atoms with Crippen LogP contribution in [0.5, 0.6) is 0 Å². The van der Waals surface area contributed by atoms with Crippen molar-refractivity contribution in [3.63, 3.8) is 0 Å². The van der Waals surface area contributed by atoms with E-state index >= 15 is 0 Å². The van der Waals surface area contributed by atoms with Crippen molar-refractivity contribution < 1.29 is 18.3 Å². The highest BCUT2D eigenvalue weighted by atomic mass is 32.2. The van der Waals surface area contributed by atoms with Crippen molar-refractivity contribution in [1.29, 1.82) is 0 Å². The van der Waals surface area contributed by atoms with Crippen LogP contribution in [-0.4, -0.2) is 57.3 Å². The molecule has 7 heteroatoms. The van der Waals surface area contributed by atoms with Crippen LogP contribution in [0.3, 0.4) is 0 Å². The summed E-state index contributed by atoms with van der Waals surface area (Å²) in [4.78, 5) is 0. The number of aliphatic hydroxyl groups excluding tert-OH is 1. The zero-order valence-corrected chi connectivity index (χ0v) is 11.8. The van der Waals surface area contributed by atoms with Crippen molar-refractivity contribution in [3.05, 3.63) is 0 Å². The van der Waals surface area contributed by atoms with Crippen molar-refractivity contribution in [2.45, 2.75) is 38.1 Å². The van der Waals surface area contributed by atoms with E-state index in [2.05, 4.69) is 4.72 Å². The monoisotopic (exact) mass is 280 g/mol. The summed E-state index contributed by atoms with van der Waals surface area (Å²) in [5.74, 6) is 0. The third kappa shape index (κ3) is 5.19. The number of nitrogens with zero attached hydrogens (tertiary/aromatic N) is 1. The van der Waals surface area contributed by atoms with Crippen LogP contribution in [0, 0.1) is 0 Å². The fraction of sp³-hybridized carbons (Fsp3) is 1.00. The lowest BCUT2D eigenvalue weighted by atomic mass is 9.96. The van der Waals surface area contributed by atoms with E-state index in [1.807, 2.05) is 0 Å². The van der Waals surface area contributed by atoms with E-state index < -0.39 is 10.2 Å². The van der Waals surface area contributed by atoms with Gasteiger partial charge in [0.15, 0.2) is 0 Å². The molecule has 0 atom stereocenters. The van der Waals surface area contributed by atoms with Gasteiger partial charge < -0.3 is 9.84 Å². The van der Waals surface area contributed by atoms with Crippen LogP contribution >= 0.6 is 0 Å². The maximum absolute atomic E-state index is 12.0. The second-order valence-corrected chi connectivity index (χ2v) is 6.36. The van der Waals surface area contributed by atoms with Gasteiger partial charge in [-0.3, -0.25) is 0 Å². The molecule has 0 saturated heterocycles. The summed E-state index contributed by atoms with van der Waals surface area (Å²) in [5, 5.41) is 8.51. The van der Waals surface area contributed by atoms with Gasteiger partial charge in [-0.15, -0.1) is 0 Å². The normalized spacial score (nSPS) is 18.4. The summed E-state index contributed by atoms with van der Waals surface area (Å²) >= 11 is 0. The topological polar surface area (TPSA) is 78.9 Å². The summed E-state index contributed by atoms with van der Waals surface area (Å²) in [5.41, 5.74) is 0. The first-order valence-electron chi connectivity index (χ1n) is 6.49. The fourth-order valence-electron chi connectivity index (χ4n) is 2.15. The molecule has 0 spiro atoms. The molecule has 1 fully saturated rings. The quantitative estimate of drug-likeness (QED) is 0.618. The second-order valence-electron chi connectivity index (χ2n) is 4.54. The van der Waals surface area contributed by atoms with E-state index in [1.54, 1.807) is 7.05 Å². The molecule has 0 aromatic carbocycles. The van der Waals surface area contributed by atoms with Crippen LogP contribution in [0.15, 0.2) is 0 Å². The zero-order chi connectivity index (χ0) is 13.4. The maximum atomic E-state index is 12.0. The number of rotatable bonds is 8. The molecule has 18 heavy (non-hydrogen) atoms. The van der Waals surface area contributed by atoms with Crippen molar-refractivity contribution in [1.82, 2.24) is 9.03 Å². The third-order valence-electron chi connectivity index (χ3n) is 3.23. The van der Waals surface area contributed by atoms with E-state index in [0.717, 1.165) is 25.7 Å². The molecule has 108 valence electrons. The smallest absolute Gasteiger partial charge is 0.279 e. The third-order valence-corrected chi connectivity index (χ3v) is 4.86. The average Bonchev–Trinajstić information content (AvgIpc) is 2.38. The summed E-state index contributed by atoms with van der Waals surface area (Å²) in [7, 11) is -1.77. The van der Waals surface area contributed by atoms with Gasteiger partial charge in [-0.05, 0) is 12.8 Å². The van der Waals surface area contributed by atoms with Gasteiger partial charge in [0.1, 0.15) is 0 Å². The molecule has 1 aliphatic rings. The fourth-order valence-corrected chi connectivity index (χ4v) is 3.30. The largest absolute Gasteiger partial charge is 0.394 e. The number of aliphatic hydroxyl groups is 1. The van der Waals surface area contributed by atoms with Gasteiger partial charge in [-0.25, -0.2) is 0 Å². The summed E-state index contributed by atoms with van der Waals surface area (Å²) in [6, 6.07) is 0.120. The van der Waals surface area contributed by atoms with Crippen LogP contribution in [0.4, 0.5) is 0 Å². The molecule has 0 aromatic heterocycles. The van der Waals surface area contributed by atoms with Gasteiger partial charge in [0.25, 0.3) is 10.2 Å². The van der Waals surface area contributed by atoms with Crippen LogP contribution in [0.1, 0.15) is 32.1 Å². The SMILES string of the molecule is CN(C1CCCCC1)S(=O)(=O)NCCOCCO. The van der Waals surface area contributed by atoms with E-state index in [4.69, 9.17) is 9.84 Å². The standard InChI is InChI=1S/C11H24N2O4S/c1-13(11-5-3-2-4-6-11)18(15,16)12-7-9-17-10-8-14/h11-12,14H,2-10H2,1H3. The van der Waals surface area contributed by atoms with E-state index in [1.165, 1.54) is 10.7 Å². The predicted molar refractivity (Wildman–Crippen MR) is 69.5 cm³/mol. The molecule has 1 saturated carbocycles. The van der Waals surface area contributed by atoms with Crippen LogP contribution in [0.2, 0.25) is 0 Å². The molecule has 0 bridgehead atoms. The Hall–Kier alpha value is -0.210. The molecular weight excluding hydrogens is 256 g/mol. The molecule has 0 aromatic rings. The first-order valence-corrected chi connectivity index (χ1v) is 7.93. The zero-order valence-electron chi connectivity index (χ0n) is 11.0. The summed E-state index contributed by atoms with van der Waals surface area (Å²) in [6.45, 7) is 0.701. The van der Waals surface area contributed by atoms with Crippen molar-refractivity contribution in [2.24, 2.45) is 0 Å². The van der Waals surface area contributed by atoms with Crippen molar-refractivity contribution in [2.75, 3.05) is 33.4 Å². The van der Waals surface area contributed by atoms with Crippen LogP contribution in [-0.2, 0) is 14.9 Å². The number of nitrogens with one attached hydrogen (secondary N) is 1. The molecule has 1 aliphatic carbocycles. The maximum Gasteiger partial charge on any atom is 0.279 e. The first-order chi connectivity index (χ1) is 8.58. The first kappa shape index (κ1) is 15.8. The number of hydrogen-bond donors (Lipinski definition) is 2. The van der Waals surface area contributed by atoms with Crippen molar-refractivity contribution >= 4 is 10.2 Å². The molecule has 0 amide bonds. The highest BCUT2D eigenvalue weighted by molar-refractivity contribution is 7.87. The Morgan fingerprint density at radius 2 is 1.94 bits per heavy atom. The summed E-state index contributed by atoms with van der Waals surface area (Å²) in [6.07, 6.45) is 5.29. The molecular formula is C11H24N2O4S. The minimum Gasteiger partial charge on any atom is -0.394 e. The molecule has 0 unspecified atom stereocenters. The lowest BCUT2D eigenvalue weighted by molar-refractivity contribution is 0.0959. The van der Waals surface area contributed by atoms with E-state index in [9.17, 15) is 8.42 Å². The second kappa shape index (κ2) is 8.06. The van der Waals surface area contributed by atoms with Crippen LogP contribution in [0.25, 0.3) is 0 Å². The Labute approximate surface area is 109 Å². The predicted octanol–water partition coefficient (Wildman–Crippen LogP) is 0.0942. The Kier molecular flexibility index (Phi) is 7.10. The Morgan fingerprint density at radius 1 is 1.28 bits per heavy atom. The lowest BCUT2D eigenvalue weighted by Crippen LogP contribution is -2.45. The Balaban J connectivity index is 2.32. The summed E-state index contributed by atoms with van der Waals surface area (Å²) < 4.78 is 32.9. The Bertz CT molecular complexity index is 315. The number of ether oxygens (including phenoxy) is 1. The highest BCUT2D eigenvalue weighted by Crippen LogP contribution is 2.22. The van der Waals surface area contributed by atoms with E-state index in [0.29, 0.717) is 0 Å². The average molecular weight is 280 g/mol. The van der Waals surface area contributed by atoms with Crippen LogP contribution < -0.4 is 4.72 Å². The molecule has 1 rings (SSSR count). The molecule has 6 nitrogen and oxygen atoms in total. The van der Waals surface area contributed by atoms with Gasteiger partial charge in [-0.2, -0.15) is 17.4 Å². The van der Waals surface area contributed by atoms with Gasteiger partial charge >= 0.3 is 0 Å². The van der Waals surface area contributed by atoms with Gasteiger partial charge in [0.2, 0.25) is 0 Å². The highest BCUT2D eigenvalue weighted by Gasteiger charge is 2.26. The molecule has 0 heterocycles. The van der Waals surface area contributed by atoms with Gasteiger partial charge in [-0.1, -0.05) is 19.3 Å². The Morgan fingerprint density at radius 3 is 2.56 bits per heavy atom. The molecule has 2 N–H and O–H groups in total. The molecule has 0 aliphatic heterocycles. The van der Waals surface area contributed by atoms with Gasteiger partial charge in [0.05, 0.1) is 19.8 Å². The van der Waals surface area contributed by atoms with Gasteiger partial charge in [0, 0.05) is 19.6 Å². The number of hydrogen-bond acceptors (Lipinski definition) is 4.